The maximum Gasteiger partial charge on any atom is 0.391 e. The van der Waals surface area contributed by atoms with E-state index in [1.807, 2.05) is 13.0 Å². The summed E-state index contributed by atoms with van der Waals surface area (Å²) in [5.41, 5.74) is 2.19. The summed E-state index contributed by atoms with van der Waals surface area (Å²) in [6.45, 7) is 0.948. The average molecular weight is 604 g/mol. The number of nitrogens with zero attached hydrogens (tertiary/aromatic N) is 3. The van der Waals surface area contributed by atoms with Gasteiger partial charge in [-0.15, -0.1) is 0 Å². The van der Waals surface area contributed by atoms with Gasteiger partial charge in [-0.2, -0.15) is 23.1 Å². The van der Waals surface area contributed by atoms with Gasteiger partial charge in [0, 0.05) is 12.6 Å². The first-order valence-electron chi connectivity index (χ1n) is 12.3. The predicted molar refractivity (Wildman–Crippen MR) is 135 cm³/mol. The summed E-state index contributed by atoms with van der Waals surface area (Å²) in [6, 6.07) is 3.28. The summed E-state index contributed by atoms with van der Waals surface area (Å²) in [5.74, 6) is -1.38. The lowest BCUT2D eigenvalue weighted by molar-refractivity contribution is -0.184. The molecular formula is C25H27BrF5N5O2. The number of H-pyrrole nitrogens is 1. The van der Waals surface area contributed by atoms with Gasteiger partial charge in [-0.05, 0) is 78.6 Å². The second-order valence-corrected chi connectivity index (χ2v) is 10.2. The molecule has 206 valence electrons. The smallest absolute Gasteiger partial charge is 0.391 e. The minimum Gasteiger partial charge on any atom is -0.471 e. The van der Waals surface area contributed by atoms with Gasteiger partial charge in [0.15, 0.2) is 18.0 Å². The standard InChI is InChI=1S/C25H27BrF5N5O2/c1-13-9-10-32-21(26)20(13)34-24-33-17-11-16(23(35-22(17)36-24)38-12-19(27)28)18(37)4-2-3-14-5-7-15(8-6-14)25(29,30)31/h9-11,14-15,19H,2-8,12H2,1H3,(H2,33,34,35,36). The Balaban J connectivity index is 1.46. The van der Waals surface area contributed by atoms with Gasteiger partial charge in [0.1, 0.15) is 4.60 Å². The second-order valence-electron chi connectivity index (χ2n) is 9.49. The first-order valence-corrected chi connectivity index (χ1v) is 13.1. The maximum absolute atomic E-state index is 13.0. The number of ether oxygens (including phenoxy) is 1. The molecule has 0 aliphatic heterocycles. The predicted octanol–water partition coefficient (Wildman–Crippen LogP) is 7.53. The second kappa shape index (κ2) is 11.9. The lowest BCUT2D eigenvalue weighted by atomic mass is 9.79. The number of pyridine rings is 2. The molecule has 38 heavy (non-hydrogen) atoms. The van der Waals surface area contributed by atoms with Crippen LogP contribution in [0.3, 0.4) is 0 Å². The van der Waals surface area contributed by atoms with E-state index in [9.17, 15) is 26.7 Å². The molecule has 0 unspecified atom stereocenters. The molecule has 1 saturated carbocycles. The number of halogens is 6. The molecule has 0 amide bonds. The zero-order valence-electron chi connectivity index (χ0n) is 20.5. The number of ketones is 1. The number of aromatic nitrogens is 4. The molecule has 0 atom stereocenters. The molecule has 1 fully saturated rings. The van der Waals surface area contributed by atoms with E-state index in [1.165, 1.54) is 6.07 Å². The summed E-state index contributed by atoms with van der Waals surface area (Å²) < 4.78 is 70.1. The molecule has 0 aromatic carbocycles. The molecule has 3 aromatic heterocycles. The van der Waals surface area contributed by atoms with E-state index >= 15 is 0 Å². The Hall–Kier alpha value is -2.83. The number of hydrogen-bond donors (Lipinski definition) is 2. The van der Waals surface area contributed by atoms with Crippen LogP contribution in [0.4, 0.5) is 33.6 Å². The van der Waals surface area contributed by atoms with Crippen LogP contribution in [0.5, 0.6) is 5.88 Å². The van der Waals surface area contributed by atoms with E-state index in [1.54, 1.807) is 6.20 Å². The third kappa shape index (κ3) is 6.97. The molecule has 0 spiro atoms. The first-order chi connectivity index (χ1) is 18.0. The van der Waals surface area contributed by atoms with Gasteiger partial charge in [0.2, 0.25) is 11.8 Å². The van der Waals surface area contributed by atoms with Crippen molar-refractivity contribution in [2.75, 3.05) is 11.9 Å². The van der Waals surface area contributed by atoms with E-state index in [2.05, 4.69) is 41.2 Å². The van der Waals surface area contributed by atoms with Gasteiger partial charge in [0.25, 0.3) is 6.43 Å². The Morgan fingerprint density at radius 2 is 1.97 bits per heavy atom. The van der Waals surface area contributed by atoms with Crippen LogP contribution in [0.15, 0.2) is 22.9 Å². The van der Waals surface area contributed by atoms with Crippen LogP contribution >= 0.6 is 15.9 Å². The largest absolute Gasteiger partial charge is 0.471 e. The number of anilines is 2. The topological polar surface area (TPSA) is 92.8 Å². The van der Waals surface area contributed by atoms with E-state index in [-0.39, 0.29) is 48.1 Å². The summed E-state index contributed by atoms with van der Waals surface area (Å²) in [6.07, 6.45) is -2.91. The fraction of sp³-hybridized carbons (Fsp3) is 0.520. The monoisotopic (exact) mass is 603 g/mol. The molecule has 4 rings (SSSR count). The van der Waals surface area contributed by atoms with Crippen LogP contribution < -0.4 is 10.1 Å². The summed E-state index contributed by atoms with van der Waals surface area (Å²) in [4.78, 5) is 28.8. The van der Waals surface area contributed by atoms with E-state index in [4.69, 9.17) is 4.74 Å². The van der Waals surface area contributed by atoms with Gasteiger partial charge in [-0.25, -0.2) is 13.8 Å². The number of aryl methyl sites for hydroxylation is 1. The van der Waals surface area contributed by atoms with Crippen molar-refractivity contribution >= 4 is 44.5 Å². The van der Waals surface area contributed by atoms with Crippen LogP contribution in [0.2, 0.25) is 0 Å². The lowest BCUT2D eigenvalue weighted by Gasteiger charge is -2.29. The number of carbonyl (C=O) groups is 1. The fourth-order valence-electron chi connectivity index (χ4n) is 4.69. The molecule has 3 aromatic rings. The van der Waals surface area contributed by atoms with Crippen molar-refractivity contribution in [1.82, 2.24) is 19.9 Å². The molecule has 13 heteroatoms. The highest BCUT2D eigenvalue weighted by Gasteiger charge is 2.41. The molecule has 3 heterocycles. The van der Waals surface area contributed by atoms with Gasteiger partial charge < -0.3 is 15.0 Å². The maximum atomic E-state index is 13.0. The molecule has 1 aliphatic rings. The van der Waals surface area contributed by atoms with Gasteiger partial charge in [-0.1, -0.05) is 6.42 Å². The summed E-state index contributed by atoms with van der Waals surface area (Å²) in [5, 5.41) is 3.10. The SMILES string of the molecule is Cc1ccnc(Br)c1Nc1nc2nc(OCC(F)F)c(C(=O)CCCC3CCC(C(F)(F)F)CC3)cc2[nH]1. The third-order valence-electron chi connectivity index (χ3n) is 6.77. The highest BCUT2D eigenvalue weighted by Crippen LogP contribution is 2.41. The van der Waals surface area contributed by atoms with Crippen molar-refractivity contribution in [2.45, 2.75) is 64.5 Å². The lowest BCUT2D eigenvalue weighted by Crippen LogP contribution is -2.27. The third-order valence-corrected chi connectivity index (χ3v) is 7.37. The van der Waals surface area contributed by atoms with Crippen molar-refractivity contribution in [2.24, 2.45) is 11.8 Å². The number of fused-ring (bicyclic) bond motifs is 1. The molecule has 0 bridgehead atoms. The molecular weight excluding hydrogens is 577 g/mol. The fourth-order valence-corrected chi connectivity index (χ4v) is 5.22. The Morgan fingerprint density at radius 3 is 2.63 bits per heavy atom. The molecule has 0 saturated heterocycles. The van der Waals surface area contributed by atoms with Crippen molar-refractivity contribution in [3.63, 3.8) is 0 Å². The molecule has 2 N–H and O–H groups in total. The Labute approximate surface area is 224 Å². The minimum atomic E-state index is -4.16. The summed E-state index contributed by atoms with van der Waals surface area (Å²) >= 11 is 3.37. The number of rotatable bonds is 10. The number of alkyl halides is 5. The van der Waals surface area contributed by atoms with Crippen molar-refractivity contribution < 1.29 is 31.5 Å². The highest BCUT2D eigenvalue weighted by atomic mass is 79.9. The van der Waals surface area contributed by atoms with Crippen molar-refractivity contribution in [3.05, 3.63) is 34.1 Å². The number of imidazole rings is 1. The highest BCUT2D eigenvalue weighted by molar-refractivity contribution is 9.10. The van der Waals surface area contributed by atoms with E-state index < -0.39 is 25.1 Å². The number of hydrogen-bond acceptors (Lipinski definition) is 6. The minimum absolute atomic E-state index is 0.0490. The Kier molecular flexibility index (Phi) is 8.84. The molecule has 0 radical (unpaired) electrons. The molecule has 7 nitrogen and oxygen atoms in total. The summed E-state index contributed by atoms with van der Waals surface area (Å²) in [7, 11) is 0. The van der Waals surface area contributed by atoms with Gasteiger partial charge in [0.05, 0.1) is 22.7 Å². The normalized spacial score (nSPS) is 18.2. The molecule has 1 aliphatic carbocycles. The van der Waals surface area contributed by atoms with Gasteiger partial charge in [-0.3, -0.25) is 4.79 Å². The quantitative estimate of drug-likeness (QED) is 0.141. The Morgan fingerprint density at radius 1 is 1.24 bits per heavy atom. The van der Waals surface area contributed by atoms with Crippen LogP contribution in [-0.2, 0) is 0 Å². The van der Waals surface area contributed by atoms with Crippen LogP contribution in [-0.4, -0.2) is 44.9 Å². The zero-order valence-corrected chi connectivity index (χ0v) is 22.1. The van der Waals surface area contributed by atoms with E-state index in [0.29, 0.717) is 47.4 Å². The zero-order chi connectivity index (χ0) is 27.4. The van der Waals surface area contributed by atoms with Gasteiger partial charge >= 0.3 is 6.18 Å². The number of Topliss-reactive ketones (excluding diaryl/α,β-unsaturated/α-hetero) is 1. The van der Waals surface area contributed by atoms with Crippen molar-refractivity contribution in [1.29, 1.82) is 0 Å². The van der Waals surface area contributed by atoms with Crippen molar-refractivity contribution in [3.8, 4) is 5.88 Å². The van der Waals surface area contributed by atoms with E-state index in [0.717, 1.165) is 5.56 Å². The number of nitrogens with one attached hydrogen (secondary N) is 2. The number of carbonyl (C=O) groups excluding carboxylic acids is 1. The van der Waals surface area contributed by atoms with Crippen LogP contribution in [0, 0.1) is 18.8 Å². The van der Waals surface area contributed by atoms with Crippen LogP contribution in [0.1, 0.15) is 60.9 Å². The van der Waals surface area contributed by atoms with Crippen LogP contribution in [0.25, 0.3) is 11.2 Å². The Bertz CT molecular complexity index is 1250. The first kappa shape index (κ1) is 28.2. The average Bonchev–Trinajstić information content (AvgIpc) is 3.25. The number of aromatic amines is 1.